The number of carbonyl (C=O) groups excluding carboxylic acids is 1. The summed E-state index contributed by atoms with van der Waals surface area (Å²) in [4.78, 5) is 16.1. The number of esters is 1. The maximum atomic E-state index is 12.2. The summed E-state index contributed by atoms with van der Waals surface area (Å²) in [6.07, 6.45) is 3.58. The molecular weight excluding hydrogens is 422 g/mol. The van der Waals surface area contributed by atoms with E-state index >= 15 is 0 Å². The average molecular weight is 451 g/mol. The van der Waals surface area contributed by atoms with Gasteiger partial charge >= 0.3 is 16.4 Å². The second-order valence-corrected chi connectivity index (χ2v) is 6.61. The van der Waals surface area contributed by atoms with Crippen molar-refractivity contribution in [2.75, 3.05) is 34.5 Å². The van der Waals surface area contributed by atoms with Gasteiger partial charge in [0.2, 0.25) is 5.75 Å². The molecule has 0 saturated carbocycles. The highest BCUT2D eigenvalue weighted by molar-refractivity contribution is 7.79. The van der Waals surface area contributed by atoms with E-state index in [1.165, 1.54) is 21.3 Å². The SMILES string of the molecule is COc1cc(C(=O)OCCCCCCN=C(N)N)cc(OC)c1OC.O=S(=O)(O)O. The van der Waals surface area contributed by atoms with Crippen LogP contribution in [-0.2, 0) is 15.1 Å². The molecule has 0 bridgehead atoms. The number of benzene rings is 1. The van der Waals surface area contributed by atoms with Gasteiger partial charge in [-0.1, -0.05) is 6.42 Å². The maximum absolute atomic E-state index is 12.2. The largest absolute Gasteiger partial charge is 0.493 e. The predicted molar refractivity (Wildman–Crippen MR) is 110 cm³/mol. The summed E-state index contributed by atoms with van der Waals surface area (Å²) < 4.78 is 52.5. The Bertz CT molecular complexity index is 761. The zero-order valence-corrected chi connectivity index (χ0v) is 18.0. The highest BCUT2D eigenvalue weighted by Gasteiger charge is 2.17. The van der Waals surface area contributed by atoms with Gasteiger partial charge in [-0.15, -0.1) is 0 Å². The minimum absolute atomic E-state index is 0.110. The van der Waals surface area contributed by atoms with Crippen molar-refractivity contribution in [3.8, 4) is 17.2 Å². The predicted octanol–water partition coefficient (Wildman–Crippen LogP) is 1.05. The molecule has 12 nitrogen and oxygen atoms in total. The van der Waals surface area contributed by atoms with E-state index in [0.29, 0.717) is 36.0 Å². The first-order valence-electron chi connectivity index (χ1n) is 8.75. The van der Waals surface area contributed by atoms with Crippen LogP contribution >= 0.6 is 0 Å². The van der Waals surface area contributed by atoms with Crippen LogP contribution in [0.3, 0.4) is 0 Å². The number of hydrogen-bond acceptors (Lipinski definition) is 8. The van der Waals surface area contributed by atoms with Gasteiger partial charge in [-0.3, -0.25) is 14.1 Å². The number of aliphatic imine (C=N–C) groups is 1. The van der Waals surface area contributed by atoms with E-state index in [1.54, 1.807) is 12.1 Å². The molecule has 1 aromatic carbocycles. The number of unbranched alkanes of at least 4 members (excludes halogenated alkanes) is 3. The van der Waals surface area contributed by atoms with Crippen molar-refractivity contribution < 1.29 is 41.3 Å². The molecule has 0 aliphatic carbocycles. The highest BCUT2D eigenvalue weighted by Crippen LogP contribution is 2.38. The average Bonchev–Trinajstić information content (AvgIpc) is 2.66. The molecule has 0 saturated heterocycles. The molecule has 0 aromatic heterocycles. The van der Waals surface area contributed by atoms with Gasteiger partial charge in [-0.25, -0.2) is 4.79 Å². The van der Waals surface area contributed by atoms with Crippen molar-refractivity contribution in [3.63, 3.8) is 0 Å². The molecule has 6 N–H and O–H groups in total. The second-order valence-electron chi connectivity index (χ2n) is 5.72. The van der Waals surface area contributed by atoms with Crippen LogP contribution in [0.4, 0.5) is 0 Å². The second kappa shape index (κ2) is 14.3. The monoisotopic (exact) mass is 451 g/mol. The molecule has 0 aliphatic rings. The summed E-state index contributed by atoms with van der Waals surface area (Å²) in [7, 11) is -0.172. The number of guanidine groups is 1. The first-order valence-corrected chi connectivity index (χ1v) is 10.2. The molecule has 0 unspecified atom stereocenters. The summed E-state index contributed by atoms with van der Waals surface area (Å²) in [5.41, 5.74) is 10.8. The maximum Gasteiger partial charge on any atom is 0.394 e. The number of carbonyl (C=O) groups is 1. The topological polar surface area (TPSA) is 193 Å². The van der Waals surface area contributed by atoms with Gasteiger partial charge in [0.15, 0.2) is 17.5 Å². The first kappa shape index (κ1) is 27.2. The lowest BCUT2D eigenvalue weighted by Crippen LogP contribution is -2.22. The van der Waals surface area contributed by atoms with Crippen LogP contribution in [0.1, 0.15) is 36.0 Å². The van der Waals surface area contributed by atoms with Crippen molar-refractivity contribution in [1.82, 2.24) is 0 Å². The Hall–Kier alpha value is -2.77. The molecule has 0 radical (unpaired) electrons. The zero-order valence-electron chi connectivity index (χ0n) is 17.2. The third kappa shape index (κ3) is 12.6. The summed E-state index contributed by atoms with van der Waals surface area (Å²) in [5, 5.41) is 0. The fourth-order valence-corrected chi connectivity index (χ4v) is 2.22. The first-order chi connectivity index (χ1) is 14.0. The number of nitrogens with two attached hydrogens (primary N) is 2. The van der Waals surface area contributed by atoms with E-state index in [0.717, 1.165) is 25.7 Å². The Morgan fingerprint density at radius 1 is 0.967 bits per heavy atom. The lowest BCUT2D eigenvalue weighted by Gasteiger charge is -2.13. The van der Waals surface area contributed by atoms with E-state index in [-0.39, 0.29) is 5.96 Å². The number of rotatable bonds is 11. The van der Waals surface area contributed by atoms with Crippen molar-refractivity contribution >= 4 is 22.3 Å². The van der Waals surface area contributed by atoms with Gasteiger partial charge in [-0.2, -0.15) is 8.42 Å². The molecule has 0 atom stereocenters. The minimum atomic E-state index is -4.67. The summed E-state index contributed by atoms with van der Waals surface area (Å²) in [6.45, 7) is 0.964. The van der Waals surface area contributed by atoms with Crippen LogP contribution in [0.5, 0.6) is 17.2 Å². The van der Waals surface area contributed by atoms with Gasteiger partial charge in [0.05, 0.1) is 33.5 Å². The van der Waals surface area contributed by atoms with E-state index in [2.05, 4.69) is 4.99 Å². The van der Waals surface area contributed by atoms with Crippen molar-refractivity contribution in [2.24, 2.45) is 16.5 Å². The molecule has 0 aliphatic heterocycles. The van der Waals surface area contributed by atoms with Crippen LogP contribution in [0, 0.1) is 0 Å². The van der Waals surface area contributed by atoms with Crippen LogP contribution in [0.2, 0.25) is 0 Å². The molecular formula is C17H29N3O9S. The number of nitrogens with zero attached hydrogens (tertiary/aromatic N) is 1. The Morgan fingerprint density at radius 3 is 1.90 bits per heavy atom. The van der Waals surface area contributed by atoms with Crippen LogP contribution in [-0.4, -0.2) is 63.9 Å². The van der Waals surface area contributed by atoms with Crippen molar-refractivity contribution in [1.29, 1.82) is 0 Å². The Kier molecular flexibility index (Phi) is 12.9. The quantitative estimate of drug-likeness (QED) is 0.123. The standard InChI is InChI=1S/C17H27N3O5.H2O4S/c1-22-13-10-12(11-14(23-2)15(13)24-3)16(21)25-9-7-5-4-6-8-20-17(18)19;1-5(2,3)4/h10-11H,4-9H2,1-3H3,(H4,18,19,20);(H2,1,2,3,4). The summed E-state index contributed by atoms with van der Waals surface area (Å²) in [5.74, 6) is 0.934. The third-order valence-corrected chi connectivity index (χ3v) is 3.48. The van der Waals surface area contributed by atoms with Crippen LogP contribution < -0.4 is 25.7 Å². The molecule has 0 spiro atoms. The minimum Gasteiger partial charge on any atom is -0.493 e. The van der Waals surface area contributed by atoms with Crippen molar-refractivity contribution in [3.05, 3.63) is 17.7 Å². The van der Waals surface area contributed by atoms with Gasteiger partial charge in [0.25, 0.3) is 0 Å². The summed E-state index contributed by atoms with van der Waals surface area (Å²) >= 11 is 0. The Morgan fingerprint density at radius 2 is 1.47 bits per heavy atom. The fraction of sp³-hybridized carbons (Fsp3) is 0.529. The fourth-order valence-electron chi connectivity index (χ4n) is 2.22. The van der Waals surface area contributed by atoms with Gasteiger partial charge in [0.1, 0.15) is 0 Å². The lowest BCUT2D eigenvalue weighted by atomic mass is 10.1. The van der Waals surface area contributed by atoms with Crippen LogP contribution in [0.15, 0.2) is 17.1 Å². The molecule has 172 valence electrons. The van der Waals surface area contributed by atoms with Gasteiger partial charge in [-0.05, 0) is 31.4 Å². The molecule has 13 heteroatoms. The van der Waals surface area contributed by atoms with E-state index in [1.807, 2.05) is 0 Å². The van der Waals surface area contributed by atoms with Gasteiger partial charge in [0, 0.05) is 6.54 Å². The normalized spacial score (nSPS) is 10.3. The molecule has 1 rings (SSSR count). The molecule has 1 aromatic rings. The van der Waals surface area contributed by atoms with Crippen molar-refractivity contribution in [2.45, 2.75) is 25.7 Å². The Labute approximate surface area is 175 Å². The number of hydrogen-bond donors (Lipinski definition) is 4. The Balaban J connectivity index is 0.00000150. The molecule has 30 heavy (non-hydrogen) atoms. The molecule has 0 amide bonds. The number of methoxy groups -OCH3 is 3. The van der Waals surface area contributed by atoms with E-state index in [4.69, 9.17) is 47.9 Å². The van der Waals surface area contributed by atoms with Crippen LogP contribution in [0.25, 0.3) is 0 Å². The van der Waals surface area contributed by atoms with E-state index < -0.39 is 16.4 Å². The zero-order chi connectivity index (χ0) is 23.2. The highest BCUT2D eigenvalue weighted by atomic mass is 32.3. The summed E-state index contributed by atoms with van der Waals surface area (Å²) in [6, 6.07) is 3.14. The number of ether oxygens (including phenoxy) is 4. The third-order valence-electron chi connectivity index (χ3n) is 3.48. The lowest BCUT2D eigenvalue weighted by molar-refractivity contribution is 0.0496. The van der Waals surface area contributed by atoms with Gasteiger partial charge < -0.3 is 30.4 Å². The van der Waals surface area contributed by atoms with E-state index in [9.17, 15) is 4.79 Å². The molecule has 0 heterocycles. The smallest absolute Gasteiger partial charge is 0.394 e. The molecule has 0 fully saturated rings.